The Morgan fingerprint density at radius 1 is 1.13 bits per heavy atom. The van der Waals surface area contributed by atoms with Gasteiger partial charge in [0.2, 0.25) is 0 Å². The van der Waals surface area contributed by atoms with E-state index in [1.807, 2.05) is 0 Å². The molecule has 1 atom stereocenters. The lowest BCUT2D eigenvalue weighted by molar-refractivity contribution is -0.552. The van der Waals surface area contributed by atoms with Crippen LogP contribution in [0.5, 0.6) is 0 Å². The molecule has 0 bridgehead atoms. The van der Waals surface area contributed by atoms with Crippen molar-refractivity contribution in [3.05, 3.63) is 34.6 Å². The molecule has 0 aliphatic carbocycles. The zero-order valence-corrected chi connectivity index (χ0v) is 18.8. The fourth-order valence-electron chi connectivity index (χ4n) is 4.27. The van der Waals surface area contributed by atoms with Crippen LogP contribution in [0.4, 0.5) is 9.18 Å². The molecule has 10 heteroatoms. The number of urea groups is 1. The molecule has 0 spiro atoms. The maximum Gasteiger partial charge on any atom is 0.333 e. The van der Waals surface area contributed by atoms with Gasteiger partial charge in [0.05, 0.1) is 5.02 Å². The number of amides is 3. The summed E-state index contributed by atoms with van der Waals surface area (Å²) in [5.41, 5.74) is 0.309. The molecule has 2 saturated heterocycles. The lowest BCUT2D eigenvalue weighted by atomic mass is 10.1. The standard InChI is InChI=1S/C21H27ClFN6O2/c1-4-27-8-10-28(11-9-27)13-17-24-19-18(20(30)26(3)21(31)25(19)2)29(17)12-14-15(22)6-5-7-16(14)23/h5-7,18H,4,8-13H2,1-3H3/q+1. The summed E-state index contributed by atoms with van der Waals surface area (Å²) in [4.78, 5) is 37.3. The molecule has 0 radical (unpaired) electrons. The summed E-state index contributed by atoms with van der Waals surface area (Å²) in [7, 11) is 3.06. The van der Waals surface area contributed by atoms with Crippen LogP contribution in [0.2, 0.25) is 5.02 Å². The number of aliphatic imine (C=N–C) groups is 1. The molecule has 31 heavy (non-hydrogen) atoms. The van der Waals surface area contributed by atoms with Gasteiger partial charge in [0.25, 0.3) is 17.8 Å². The number of amidine groups is 2. The summed E-state index contributed by atoms with van der Waals surface area (Å²) >= 11 is 6.28. The van der Waals surface area contributed by atoms with Gasteiger partial charge in [0.15, 0.2) is 0 Å². The van der Waals surface area contributed by atoms with Crippen LogP contribution in [0.1, 0.15) is 12.5 Å². The monoisotopic (exact) mass is 449 g/mol. The van der Waals surface area contributed by atoms with Gasteiger partial charge in [-0.15, -0.1) is 0 Å². The molecule has 4 rings (SSSR count). The Kier molecular flexibility index (Phi) is 6.09. The van der Waals surface area contributed by atoms with Gasteiger partial charge in [0, 0.05) is 45.8 Å². The van der Waals surface area contributed by atoms with Gasteiger partial charge in [-0.1, -0.05) is 24.6 Å². The average molecular weight is 450 g/mol. The molecule has 1 unspecified atom stereocenters. The van der Waals surface area contributed by atoms with Crippen LogP contribution < -0.4 is 0 Å². The lowest BCUT2D eigenvalue weighted by Gasteiger charge is -2.33. The van der Waals surface area contributed by atoms with E-state index in [9.17, 15) is 14.0 Å². The Balaban J connectivity index is 1.69. The molecule has 3 aliphatic rings. The van der Waals surface area contributed by atoms with Crippen molar-refractivity contribution >= 4 is 35.2 Å². The lowest BCUT2D eigenvalue weighted by Crippen LogP contribution is -2.61. The van der Waals surface area contributed by atoms with E-state index < -0.39 is 17.9 Å². The number of imide groups is 1. The van der Waals surface area contributed by atoms with Crippen molar-refractivity contribution in [2.75, 3.05) is 53.4 Å². The minimum atomic E-state index is -0.782. The summed E-state index contributed by atoms with van der Waals surface area (Å²) in [5.74, 6) is 0.216. The predicted octanol–water partition coefficient (Wildman–Crippen LogP) is 1.33. The normalized spacial score (nSPS) is 23.0. The summed E-state index contributed by atoms with van der Waals surface area (Å²) in [5, 5.41) is 0.297. The maximum absolute atomic E-state index is 14.6. The van der Waals surface area contributed by atoms with Crippen molar-refractivity contribution in [3.8, 4) is 0 Å². The first-order valence-corrected chi connectivity index (χ1v) is 10.8. The Bertz CT molecular complexity index is 952. The number of nitrogens with zero attached hydrogens (tertiary/aromatic N) is 6. The third-order valence-corrected chi connectivity index (χ3v) is 6.63. The number of benzene rings is 1. The average Bonchev–Trinajstić information content (AvgIpc) is 3.12. The molecule has 3 aliphatic heterocycles. The number of carbonyl (C=O) groups excluding carboxylic acids is 2. The van der Waals surface area contributed by atoms with Crippen molar-refractivity contribution in [2.24, 2.45) is 4.99 Å². The van der Waals surface area contributed by atoms with E-state index in [0.29, 0.717) is 28.8 Å². The quantitative estimate of drug-likeness (QED) is 0.636. The minimum Gasteiger partial charge on any atom is -0.301 e. The molecule has 3 amide bonds. The molecule has 1 aromatic rings. The summed E-state index contributed by atoms with van der Waals surface area (Å²) in [6.45, 7) is 7.45. The molecule has 2 fully saturated rings. The van der Waals surface area contributed by atoms with Crippen molar-refractivity contribution in [1.82, 2.24) is 19.6 Å². The smallest absolute Gasteiger partial charge is 0.301 e. The van der Waals surface area contributed by atoms with Gasteiger partial charge in [-0.3, -0.25) is 19.5 Å². The zero-order valence-electron chi connectivity index (χ0n) is 18.0. The molecular formula is C21H27ClFN6O2+. The summed E-state index contributed by atoms with van der Waals surface area (Å²) < 4.78 is 16.4. The van der Waals surface area contributed by atoms with Crippen LogP contribution in [-0.2, 0) is 11.3 Å². The number of fused-ring (bicyclic) bond motifs is 1. The zero-order chi connectivity index (χ0) is 22.3. The van der Waals surface area contributed by atoms with Crippen LogP contribution in [0, 0.1) is 5.82 Å². The molecular weight excluding hydrogens is 423 g/mol. The number of halogens is 2. The topological polar surface area (TPSA) is 62.5 Å². The first kappa shape index (κ1) is 21.9. The number of likely N-dealkylation sites (N-methyl/N-ethyl adjacent to an activating group) is 3. The Morgan fingerprint density at radius 3 is 2.45 bits per heavy atom. The minimum absolute atomic E-state index is 0.0923. The van der Waals surface area contributed by atoms with Gasteiger partial charge >= 0.3 is 11.9 Å². The first-order valence-electron chi connectivity index (χ1n) is 10.5. The van der Waals surface area contributed by atoms with E-state index in [1.165, 1.54) is 18.0 Å². The number of rotatable bonds is 5. The fraction of sp³-hybridized carbons (Fsp3) is 0.524. The van der Waals surface area contributed by atoms with Gasteiger partial charge in [-0.05, 0) is 23.7 Å². The van der Waals surface area contributed by atoms with Crippen molar-refractivity contribution in [1.29, 1.82) is 0 Å². The van der Waals surface area contributed by atoms with E-state index >= 15 is 0 Å². The molecule has 3 heterocycles. The summed E-state index contributed by atoms with van der Waals surface area (Å²) in [6, 6.07) is 3.33. The van der Waals surface area contributed by atoms with Crippen molar-refractivity contribution in [3.63, 3.8) is 0 Å². The van der Waals surface area contributed by atoms with Crippen LogP contribution in [0.25, 0.3) is 0 Å². The van der Waals surface area contributed by atoms with Crippen molar-refractivity contribution in [2.45, 2.75) is 19.5 Å². The highest BCUT2D eigenvalue weighted by molar-refractivity contribution is 6.31. The maximum atomic E-state index is 14.6. The second kappa shape index (κ2) is 8.64. The van der Waals surface area contributed by atoms with Crippen LogP contribution in [-0.4, -0.2) is 107 Å². The Morgan fingerprint density at radius 2 is 1.81 bits per heavy atom. The number of hydrogen-bond donors (Lipinski definition) is 0. The second-order valence-corrected chi connectivity index (χ2v) is 8.47. The first-order chi connectivity index (χ1) is 14.8. The fourth-order valence-corrected chi connectivity index (χ4v) is 4.50. The number of piperazine rings is 1. The molecule has 0 N–H and O–H groups in total. The van der Waals surface area contributed by atoms with E-state index in [0.717, 1.165) is 37.6 Å². The highest BCUT2D eigenvalue weighted by Gasteiger charge is 2.53. The molecule has 0 aromatic heterocycles. The van der Waals surface area contributed by atoms with Crippen molar-refractivity contribution < 1.29 is 18.6 Å². The third-order valence-electron chi connectivity index (χ3n) is 6.28. The Hall–Kier alpha value is -2.36. The van der Waals surface area contributed by atoms with Gasteiger partial charge in [0.1, 0.15) is 18.9 Å². The second-order valence-electron chi connectivity index (χ2n) is 8.07. The van der Waals surface area contributed by atoms with Gasteiger partial charge < -0.3 is 4.90 Å². The third kappa shape index (κ3) is 3.97. The van der Waals surface area contributed by atoms with Crippen LogP contribution >= 0.6 is 11.6 Å². The van der Waals surface area contributed by atoms with E-state index in [1.54, 1.807) is 23.8 Å². The summed E-state index contributed by atoms with van der Waals surface area (Å²) in [6.07, 6.45) is 0. The molecule has 1 aromatic carbocycles. The van der Waals surface area contributed by atoms with Crippen LogP contribution in [0.15, 0.2) is 23.2 Å². The molecule has 166 valence electrons. The van der Waals surface area contributed by atoms with E-state index in [-0.39, 0.29) is 12.5 Å². The number of carbonyl (C=O) groups is 2. The largest absolute Gasteiger partial charge is 0.333 e. The Labute approximate surface area is 186 Å². The number of hydrogen-bond acceptors (Lipinski definition) is 5. The van der Waals surface area contributed by atoms with E-state index in [4.69, 9.17) is 16.6 Å². The highest BCUT2D eigenvalue weighted by atomic mass is 35.5. The molecule has 8 nitrogen and oxygen atoms in total. The van der Waals surface area contributed by atoms with Gasteiger partial charge in [-0.25, -0.2) is 13.8 Å². The van der Waals surface area contributed by atoms with Gasteiger partial charge in [-0.2, -0.15) is 0 Å². The highest BCUT2D eigenvalue weighted by Crippen LogP contribution is 2.25. The molecule has 0 saturated carbocycles. The van der Waals surface area contributed by atoms with E-state index in [2.05, 4.69) is 16.7 Å². The van der Waals surface area contributed by atoms with Crippen LogP contribution in [0.3, 0.4) is 0 Å². The predicted molar refractivity (Wildman–Crippen MR) is 116 cm³/mol. The SMILES string of the molecule is CCN1CCN(CC2=[N+](Cc3c(F)cccc3Cl)C3C(=O)N(C)C(=O)N(C)C3=N2)CC1.